The molecule has 3 N–H and O–H groups in total. The van der Waals surface area contributed by atoms with Gasteiger partial charge in [0.05, 0.1) is 0 Å². The van der Waals surface area contributed by atoms with Gasteiger partial charge in [-0.3, -0.25) is 4.79 Å². The molecule has 0 saturated heterocycles. The number of aliphatic carboxylic acids is 1. The number of alkyl halides is 1. The van der Waals surface area contributed by atoms with Gasteiger partial charge in [0, 0.05) is 12.1 Å². The van der Waals surface area contributed by atoms with Gasteiger partial charge in [-0.1, -0.05) is 29.3 Å². The number of allylic oxidation sites excluding steroid dienone is 2. The van der Waals surface area contributed by atoms with E-state index in [0.717, 1.165) is 0 Å². The minimum atomic E-state index is -1.38. The van der Waals surface area contributed by atoms with Gasteiger partial charge in [0.2, 0.25) is 0 Å². The van der Waals surface area contributed by atoms with Crippen LogP contribution in [0.4, 0.5) is 0 Å². The predicted molar refractivity (Wildman–Crippen MR) is 53.4 cm³/mol. The summed E-state index contributed by atoms with van der Waals surface area (Å²) in [5.74, 6) is -2.16. The first kappa shape index (κ1) is 13.4. The molecule has 2 unspecified atom stereocenters. The standard InChI is InChI=1S/C8H8Cl2O3.H2O/c1-13-8(10)4-2-3-5(9)6(8)7(11)12;/h2-4,6H,1H3,(H,11,12);1H2. The lowest BCUT2D eigenvalue weighted by molar-refractivity contribution is -0.144. The van der Waals surface area contributed by atoms with Crippen LogP contribution in [0.2, 0.25) is 0 Å². The van der Waals surface area contributed by atoms with Gasteiger partial charge in [-0.15, -0.1) is 0 Å². The van der Waals surface area contributed by atoms with E-state index in [2.05, 4.69) is 0 Å². The zero-order valence-corrected chi connectivity index (χ0v) is 8.84. The molecule has 0 aliphatic heterocycles. The second kappa shape index (κ2) is 4.79. The van der Waals surface area contributed by atoms with Gasteiger partial charge in [-0.05, 0) is 12.2 Å². The highest BCUT2D eigenvalue weighted by molar-refractivity contribution is 6.34. The van der Waals surface area contributed by atoms with E-state index in [-0.39, 0.29) is 10.5 Å². The van der Waals surface area contributed by atoms with Crippen molar-refractivity contribution < 1.29 is 20.1 Å². The lowest BCUT2D eigenvalue weighted by Crippen LogP contribution is -2.39. The monoisotopic (exact) mass is 240 g/mol. The molecule has 80 valence electrons. The molecular weight excluding hydrogens is 231 g/mol. The zero-order chi connectivity index (χ0) is 10.1. The van der Waals surface area contributed by atoms with Crippen molar-refractivity contribution in [2.24, 2.45) is 5.92 Å². The molecule has 0 aromatic rings. The Morgan fingerprint density at radius 3 is 2.64 bits per heavy atom. The number of hydrogen-bond acceptors (Lipinski definition) is 2. The van der Waals surface area contributed by atoms with Crippen molar-refractivity contribution in [2.45, 2.75) is 5.06 Å². The van der Waals surface area contributed by atoms with Crippen LogP contribution < -0.4 is 0 Å². The summed E-state index contributed by atoms with van der Waals surface area (Å²) in [6.07, 6.45) is 4.51. The largest absolute Gasteiger partial charge is 0.481 e. The topological polar surface area (TPSA) is 78.0 Å². The van der Waals surface area contributed by atoms with Crippen LogP contribution in [0.1, 0.15) is 0 Å². The van der Waals surface area contributed by atoms with Gasteiger partial charge in [0.1, 0.15) is 5.92 Å². The fourth-order valence-electron chi connectivity index (χ4n) is 1.12. The van der Waals surface area contributed by atoms with Gasteiger partial charge < -0.3 is 15.3 Å². The number of ether oxygens (including phenoxy) is 1. The molecule has 1 aliphatic rings. The Morgan fingerprint density at radius 2 is 2.29 bits per heavy atom. The van der Waals surface area contributed by atoms with E-state index in [9.17, 15) is 4.79 Å². The molecule has 6 heteroatoms. The molecule has 1 aliphatic carbocycles. The molecule has 0 spiro atoms. The summed E-state index contributed by atoms with van der Waals surface area (Å²) < 4.78 is 4.90. The van der Waals surface area contributed by atoms with E-state index in [1.807, 2.05) is 0 Å². The second-order valence-electron chi connectivity index (χ2n) is 2.58. The van der Waals surface area contributed by atoms with Gasteiger partial charge in [-0.25, -0.2) is 0 Å². The van der Waals surface area contributed by atoms with Crippen molar-refractivity contribution in [3.63, 3.8) is 0 Å². The number of hydrogen-bond donors (Lipinski definition) is 1. The fraction of sp³-hybridized carbons (Fsp3) is 0.375. The third kappa shape index (κ3) is 2.27. The van der Waals surface area contributed by atoms with E-state index >= 15 is 0 Å². The molecule has 0 aromatic heterocycles. The summed E-state index contributed by atoms with van der Waals surface area (Å²) in [6, 6.07) is 0. The number of rotatable bonds is 2. The lowest BCUT2D eigenvalue weighted by Gasteiger charge is -2.30. The highest BCUT2D eigenvalue weighted by Crippen LogP contribution is 2.38. The van der Waals surface area contributed by atoms with Crippen molar-refractivity contribution in [3.8, 4) is 0 Å². The fourth-order valence-corrected chi connectivity index (χ4v) is 1.79. The van der Waals surface area contributed by atoms with Crippen molar-refractivity contribution in [1.29, 1.82) is 0 Å². The molecule has 0 bridgehead atoms. The minimum Gasteiger partial charge on any atom is -0.481 e. The Morgan fingerprint density at radius 1 is 1.71 bits per heavy atom. The van der Waals surface area contributed by atoms with Crippen LogP contribution >= 0.6 is 23.2 Å². The first-order valence-electron chi connectivity index (χ1n) is 3.53. The van der Waals surface area contributed by atoms with Crippen LogP contribution in [0, 0.1) is 5.92 Å². The Labute approximate surface area is 91.1 Å². The third-order valence-corrected chi connectivity index (χ3v) is 2.65. The maximum atomic E-state index is 10.8. The Hall–Kier alpha value is -0.550. The summed E-state index contributed by atoms with van der Waals surface area (Å²) >= 11 is 11.6. The lowest BCUT2D eigenvalue weighted by atomic mass is 9.96. The number of halogens is 2. The van der Waals surface area contributed by atoms with Gasteiger partial charge in [-0.2, -0.15) is 0 Å². The van der Waals surface area contributed by atoms with Crippen LogP contribution in [0.5, 0.6) is 0 Å². The van der Waals surface area contributed by atoms with Crippen molar-refractivity contribution in [2.75, 3.05) is 7.11 Å². The zero-order valence-electron chi connectivity index (χ0n) is 7.33. The smallest absolute Gasteiger partial charge is 0.316 e. The molecule has 14 heavy (non-hydrogen) atoms. The van der Waals surface area contributed by atoms with Crippen LogP contribution in [-0.2, 0) is 9.53 Å². The number of carboxylic acids is 1. The van der Waals surface area contributed by atoms with Crippen LogP contribution in [-0.4, -0.2) is 28.7 Å². The maximum absolute atomic E-state index is 10.8. The van der Waals surface area contributed by atoms with E-state index in [4.69, 9.17) is 33.0 Å². The number of methoxy groups -OCH3 is 1. The van der Waals surface area contributed by atoms with Crippen molar-refractivity contribution in [3.05, 3.63) is 23.3 Å². The second-order valence-corrected chi connectivity index (χ2v) is 3.61. The quantitative estimate of drug-likeness (QED) is 0.736. The molecule has 0 aromatic carbocycles. The molecule has 0 amide bonds. The Balaban J connectivity index is 0.00000169. The normalized spacial score (nSPS) is 30.5. The molecule has 2 atom stereocenters. The Kier molecular flexibility index (Phi) is 4.61. The average Bonchev–Trinajstić information content (AvgIpc) is 2.03. The highest BCUT2D eigenvalue weighted by Gasteiger charge is 2.43. The highest BCUT2D eigenvalue weighted by atomic mass is 35.5. The van der Waals surface area contributed by atoms with Crippen molar-refractivity contribution in [1.82, 2.24) is 0 Å². The van der Waals surface area contributed by atoms with Crippen LogP contribution in [0.3, 0.4) is 0 Å². The molecule has 0 saturated carbocycles. The van der Waals surface area contributed by atoms with Crippen LogP contribution in [0.15, 0.2) is 23.3 Å². The number of carboxylic acid groups (broad SMARTS) is 1. The minimum absolute atomic E-state index is 0. The Bertz CT molecular complexity index is 287. The SMILES string of the molecule is COC1(Cl)C=CC=C(Cl)C1C(=O)O.O. The summed E-state index contributed by atoms with van der Waals surface area (Å²) in [5.41, 5.74) is 0. The molecule has 0 heterocycles. The van der Waals surface area contributed by atoms with Crippen LogP contribution in [0.25, 0.3) is 0 Å². The summed E-state index contributed by atoms with van der Waals surface area (Å²) in [7, 11) is 1.34. The maximum Gasteiger partial charge on any atom is 0.316 e. The van der Waals surface area contributed by atoms with Gasteiger partial charge >= 0.3 is 5.97 Å². The summed E-state index contributed by atoms with van der Waals surface area (Å²) in [6.45, 7) is 0. The molecule has 4 nitrogen and oxygen atoms in total. The summed E-state index contributed by atoms with van der Waals surface area (Å²) in [5, 5.41) is 7.63. The average molecular weight is 241 g/mol. The number of carbonyl (C=O) groups is 1. The molecule has 0 radical (unpaired) electrons. The molecule has 0 fully saturated rings. The van der Waals surface area contributed by atoms with Gasteiger partial charge in [0.15, 0.2) is 5.06 Å². The van der Waals surface area contributed by atoms with E-state index in [0.29, 0.717) is 0 Å². The van der Waals surface area contributed by atoms with E-state index in [1.165, 1.54) is 19.3 Å². The van der Waals surface area contributed by atoms with Crippen molar-refractivity contribution >= 4 is 29.2 Å². The summed E-state index contributed by atoms with van der Waals surface area (Å²) in [4.78, 5) is 10.8. The predicted octanol–water partition coefficient (Wildman–Crippen LogP) is 1.14. The first-order chi connectivity index (χ1) is 6.01. The van der Waals surface area contributed by atoms with E-state index < -0.39 is 16.9 Å². The van der Waals surface area contributed by atoms with Gasteiger partial charge in [0.25, 0.3) is 0 Å². The third-order valence-electron chi connectivity index (χ3n) is 1.81. The molecular formula is C8H10Cl2O4. The molecule has 1 rings (SSSR count). The van der Waals surface area contributed by atoms with E-state index in [1.54, 1.807) is 6.08 Å². The first-order valence-corrected chi connectivity index (χ1v) is 4.28.